The highest BCUT2D eigenvalue weighted by atomic mass is 16.4. The maximum absolute atomic E-state index is 11.5. The molecule has 3 aromatic rings. The molecule has 0 aliphatic carbocycles. The van der Waals surface area contributed by atoms with Gasteiger partial charge in [0.25, 0.3) is 0 Å². The molecule has 0 fully saturated rings. The van der Waals surface area contributed by atoms with Gasteiger partial charge in [-0.25, -0.2) is 4.79 Å². The number of hydrogen-bond acceptors (Lipinski definition) is 2. The van der Waals surface area contributed by atoms with Crippen LogP contribution in [0.4, 0.5) is 0 Å². The number of rotatable bonds is 3. The van der Waals surface area contributed by atoms with Gasteiger partial charge in [-0.05, 0) is 22.6 Å². The number of carboxylic acids is 1. The van der Waals surface area contributed by atoms with E-state index in [1.165, 1.54) is 0 Å². The molecule has 0 heterocycles. The minimum Gasteiger partial charge on any atom is -0.506 e. The van der Waals surface area contributed by atoms with Crippen molar-refractivity contribution in [3.05, 3.63) is 77.4 Å². The van der Waals surface area contributed by atoms with E-state index < -0.39 is 11.4 Å². The molecule has 23 heavy (non-hydrogen) atoms. The largest absolute Gasteiger partial charge is 0.506 e. The average molecular weight is 306 g/mol. The third kappa shape index (κ3) is 2.44. The zero-order valence-corrected chi connectivity index (χ0v) is 13.1. The summed E-state index contributed by atoms with van der Waals surface area (Å²) < 4.78 is 0. The lowest BCUT2D eigenvalue weighted by Crippen LogP contribution is -2.20. The monoisotopic (exact) mass is 306 g/mol. The Labute approximate surface area is 134 Å². The van der Waals surface area contributed by atoms with Crippen LogP contribution in [0, 0.1) is 0 Å². The Morgan fingerprint density at radius 1 is 0.913 bits per heavy atom. The molecule has 0 aliphatic rings. The smallest absolute Gasteiger partial charge is 0.339 e. The summed E-state index contributed by atoms with van der Waals surface area (Å²) in [4.78, 5) is 11.5. The number of aromatic hydroxyl groups is 1. The molecule has 3 heteroatoms. The zero-order valence-electron chi connectivity index (χ0n) is 13.1. The first kappa shape index (κ1) is 15.1. The Kier molecular flexibility index (Phi) is 3.57. The highest BCUT2D eigenvalue weighted by molar-refractivity contribution is 6.02. The maximum atomic E-state index is 11.5. The molecule has 0 radical (unpaired) electrons. The molecule has 3 aromatic carbocycles. The van der Waals surface area contributed by atoms with Gasteiger partial charge in [-0.2, -0.15) is 0 Å². The zero-order chi connectivity index (χ0) is 16.6. The molecule has 116 valence electrons. The molecule has 0 aromatic heterocycles. The van der Waals surface area contributed by atoms with E-state index in [0.29, 0.717) is 5.39 Å². The maximum Gasteiger partial charge on any atom is 0.339 e. The number of carbonyl (C=O) groups is 1. The molecular formula is C20H18O3. The van der Waals surface area contributed by atoms with Gasteiger partial charge in [0.1, 0.15) is 11.3 Å². The first-order valence-electron chi connectivity index (χ1n) is 7.47. The fourth-order valence-corrected chi connectivity index (χ4v) is 3.05. The van der Waals surface area contributed by atoms with Gasteiger partial charge in [-0.3, -0.25) is 0 Å². The number of benzene rings is 3. The van der Waals surface area contributed by atoms with E-state index in [-0.39, 0.29) is 11.3 Å². The Balaban J connectivity index is 2.37. The predicted octanol–water partition coefficient (Wildman–Crippen LogP) is 4.57. The molecule has 0 spiro atoms. The van der Waals surface area contributed by atoms with Gasteiger partial charge in [0, 0.05) is 10.8 Å². The van der Waals surface area contributed by atoms with Gasteiger partial charge < -0.3 is 10.2 Å². The summed E-state index contributed by atoms with van der Waals surface area (Å²) >= 11 is 0. The van der Waals surface area contributed by atoms with E-state index in [4.69, 9.17) is 0 Å². The average Bonchev–Trinajstić information content (AvgIpc) is 2.55. The standard InChI is InChI=1S/C20H18O3/c1-20(2,13-8-4-3-5-9-13)17-12-16(19(22)23)18(21)15-11-7-6-10-14(15)17/h3-12,21H,1-2H3,(H,22,23). The van der Waals surface area contributed by atoms with Crippen molar-refractivity contribution < 1.29 is 15.0 Å². The second-order valence-corrected chi connectivity index (χ2v) is 6.16. The quantitative estimate of drug-likeness (QED) is 0.745. The second-order valence-electron chi connectivity index (χ2n) is 6.16. The molecule has 2 N–H and O–H groups in total. The lowest BCUT2D eigenvalue weighted by molar-refractivity contribution is 0.0694. The number of hydrogen-bond donors (Lipinski definition) is 2. The Morgan fingerprint density at radius 3 is 2.09 bits per heavy atom. The Morgan fingerprint density at radius 2 is 1.48 bits per heavy atom. The van der Waals surface area contributed by atoms with Gasteiger partial charge >= 0.3 is 5.97 Å². The van der Waals surface area contributed by atoms with Crippen molar-refractivity contribution in [2.45, 2.75) is 19.3 Å². The number of phenols is 1. The lowest BCUT2D eigenvalue weighted by atomic mass is 9.75. The van der Waals surface area contributed by atoms with Crippen molar-refractivity contribution in [2.75, 3.05) is 0 Å². The fraction of sp³-hybridized carbons (Fsp3) is 0.150. The van der Waals surface area contributed by atoms with E-state index in [1.807, 2.05) is 42.5 Å². The van der Waals surface area contributed by atoms with Crippen LogP contribution in [0.1, 0.15) is 35.3 Å². The summed E-state index contributed by atoms with van der Waals surface area (Å²) in [5, 5.41) is 21.2. The van der Waals surface area contributed by atoms with E-state index in [9.17, 15) is 15.0 Å². The van der Waals surface area contributed by atoms with Crippen molar-refractivity contribution in [2.24, 2.45) is 0 Å². The number of fused-ring (bicyclic) bond motifs is 1. The molecule has 0 bridgehead atoms. The number of aromatic carboxylic acids is 1. The molecule has 0 unspecified atom stereocenters. The third-order valence-electron chi connectivity index (χ3n) is 4.42. The number of carboxylic acid groups (broad SMARTS) is 1. The molecule has 3 nitrogen and oxygen atoms in total. The SMILES string of the molecule is CC(C)(c1ccccc1)c1cc(C(=O)O)c(O)c2ccccc12. The van der Waals surface area contributed by atoms with Crippen LogP contribution in [0.5, 0.6) is 5.75 Å². The summed E-state index contributed by atoms with van der Waals surface area (Å²) in [5.74, 6) is -1.31. The van der Waals surface area contributed by atoms with Crippen LogP contribution < -0.4 is 0 Å². The van der Waals surface area contributed by atoms with Gasteiger partial charge in [0.2, 0.25) is 0 Å². The molecule has 3 rings (SSSR count). The van der Waals surface area contributed by atoms with Gasteiger partial charge in [0.15, 0.2) is 0 Å². The second kappa shape index (κ2) is 5.43. The summed E-state index contributed by atoms with van der Waals surface area (Å²) in [6.07, 6.45) is 0. The highest BCUT2D eigenvalue weighted by Crippen LogP contribution is 2.40. The highest BCUT2D eigenvalue weighted by Gasteiger charge is 2.28. The van der Waals surface area contributed by atoms with E-state index in [0.717, 1.165) is 16.5 Å². The van der Waals surface area contributed by atoms with Crippen molar-refractivity contribution >= 4 is 16.7 Å². The topological polar surface area (TPSA) is 57.5 Å². The summed E-state index contributed by atoms with van der Waals surface area (Å²) in [6.45, 7) is 4.12. The van der Waals surface area contributed by atoms with E-state index in [2.05, 4.69) is 13.8 Å². The summed E-state index contributed by atoms with van der Waals surface area (Å²) in [5.41, 5.74) is 1.52. The van der Waals surface area contributed by atoms with Crippen LogP contribution in [0.25, 0.3) is 10.8 Å². The molecule has 0 saturated carbocycles. The van der Waals surface area contributed by atoms with Crippen molar-refractivity contribution in [3.63, 3.8) is 0 Å². The van der Waals surface area contributed by atoms with Crippen LogP contribution >= 0.6 is 0 Å². The fourth-order valence-electron chi connectivity index (χ4n) is 3.05. The van der Waals surface area contributed by atoms with Crippen molar-refractivity contribution in [1.82, 2.24) is 0 Å². The third-order valence-corrected chi connectivity index (χ3v) is 4.42. The molecule has 0 amide bonds. The molecule has 0 aliphatic heterocycles. The van der Waals surface area contributed by atoms with Crippen LogP contribution in [-0.4, -0.2) is 16.2 Å². The molecular weight excluding hydrogens is 288 g/mol. The molecule has 0 atom stereocenters. The minimum atomic E-state index is -1.13. The summed E-state index contributed by atoms with van der Waals surface area (Å²) in [7, 11) is 0. The first-order chi connectivity index (χ1) is 10.9. The van der Waals surface area contributed by atoms with Crippen LogP contribution in [0.15, 0.2) is 60.7 Å². The molecule has 0 saturated heterocycles. The van der Waals surface area contributed by atoms with Crippen LogP contribution in [0.3, 0.4) is 0 Å². The predicted molar refractivity (Wildman–Crippen MR) is 91.1 cm³/mol. The van der Waals surface area contributed by atoms with Gasteiger partial charge in [-0.1, -0.05) is 68.4 Å². The first-order valence-corrected chi connectivity index (χ1v) is 7.47. The van der Waals surface area contributed by atoms with E-state index in [1.54, 1.807) is 18.2 Å². The Hall–Kier alpha value is -2.81. The summed E-state index contributed by atoms with van der Waals surface area (Å²) in [6, 6.07) is 18.9. The Bertz CT molecular complexity index is 880. The normalized spacial score (nSPS) is 11.6. The van der Waals surface area contributed by atoms with Crippen molar-refractivity contribution in [3.8, 4) is 5.75 Å². The van der Waals surface area contributed by atoms with Crippen LogP contribution in [-0.2, 0) is 5.41 Å². The van der Waals surface area contributed by atoms with Crippen LogP contribution in [0.2, 0.25) is 0 Å². The van der Waals surface area contributed by atoms with Gasteiger partial charge in [-0.15, -0.1) is 0 Å². The van der Waals surface area contributed by atoms with E-state index >= 15 is 0 Å². The van der Waals surface area contributed by atoms with Gasteiger partial charge in [0.05, 0.1) is 0 Å². The van der Waals surface area contributed by atoms with Crippen molar-refractivity contribution in [1.29, 1.82) is 0 Å². The minimum absolute atomic E-state index is 0.0669. The lowest BCUT2D eigenvalue weighted by Gasteiger charge is -2.28.